The average Bonchev–Trinajstić information content (AvgIpc) is 2.88. The molecule has 4 heteroatoms. The number of rotatable bonds is 4. The zero-order valence-corrected chi connectivity index (χ0v) is 10.2. The first kappa shape index (κ1) is 12.1. The number of nitrogens with one attached hydrogen (secondary N) is 2. The summed E-state index contributed by atoms with van der Waals surface area (Å²) in [6.45, 7) is 2.47. The Morgan fingerprint density at radius 1 is 1.44 bits per heavy atom. The molecule has 92 valence electrons. The van der Waals surface area contributed by atoms with E-state index in [0.29, 0.717) is 6.54 Å². The Morgan fingerprint density at radius 2 is 2.28 bits per heavy atom. The minimum absolute atomic E-state index is 0.118. The molecule has 0 bridgehead atoms. The Labute approximate surface area is 106 Å². The van der Waals surface area contributed by atoms with Crippen molar-refractivity contribution in [3.63, 3.8) is 0 Å². The van der Waals surface area contributed by atoms with Crippen LogP contribution in [0.4, 0.5) is 0 Å². The lowest BCUT2D eigenvalue weighted by Gasteiger charge is -2.00. The SMILES string of the molecule is Cc1ccccc1C=CC(=O)NCc1cnc[nH]1. The number of imidazole rings is 1. The van der Waals surface area contributed by atoms with Crippen molar-refractivity contribution in [3.05, 3.63) is 59.7 Å². The van der Waals surface area contributed by atoms with Gasteiger partial charge in [-0.3, -0.25) is 4.79 Å². The van der Waals surface area contributed by atoms with Gasteiger partial charge in [0.1, 0.15) is 0 Å². The van der Waals surface area contributed by atoms with E-state index in [1.807, 2.05) is 37.3 Å². The summed E-state index contributed by atoms with van der Waals surface area (Å²) in [5.74, 6) is -0.118. The van der Waals surface area contributed by atoms with Crippen molar-refractivity contribution < 1.29 is 4.79 Å². The van der Waals surface area contributed by atoms with Gasteiger partial charge >= 0.3 is 0 Å². The molecule has 0 radical (unpaired) electrons. The van der Waals surface area contributed by atoms with Crippen molar-refractivity contribution in [2.45, 2.75) is 13.5 Å². The molecule has 0 atom stereocenters. The van der Waals surface area contributed by atoms with Crippen LogP contribution in [0.15, 0.2) is 42.9 Å². The smallest absolute Gasteiger partial charge is 0.244 e. The first-order valence-electron chi connectivity index (χ1n) is 5.74. The Hall–Kier alpha value is -2.36. The van der Waals surface area contributed by atoms with Crippen LogP contribution in [0.3, 0.4) is 0 Å². The molecular weight excluding hydrogens is 226 g/mol. The van der Waals surface area contributed by atoms with Gasteiger partial charge in [-0.15, -0.1) is 0 Å². The van der Waals surface area contributed by atoms with Crippen molar-refractivity contribution >= 4 is 12.0 Å². The summed E-state index contributed by atoms with van der Waals surface area (Å²) in [6.07, 6.45) is 6.63. The molecule has 0 saturated carbocycles. The van der Waals surface area contributed by atoms with Gasteiger partial charge in [-0.05, 0) is 24.1 Å². The molecule has 18 heavy (non-hydrogen) atoms. The lowest BCUT2D eigenvalue weighted by atomic mass is 10.1. The Bertz CT molecular complexity index is 544. The largest absolute Gasteiger partial charge is 0.347 e. The van der Waals surface area contributed by atoms with Crippen molar-refractivity contribution in [2.24, 2.45) is 0 Å². The van der Waals surface area contributed by atoms with E-state index in [1.165, 1.54) is 0 Å². The maximum Gasteiger partial charge on any atom is 0.244 e. The Kier molecular flexibility index (Phi) is 3.91. The molecule has 0 fully saturated rings. The van der Waals surface area contributed by atoms with Crippen LogP contribution >= 0.6 is 0 Å². The molecule has 2 N–H and O–H groups in total. The van der Waals surface area contributed by atoms with Crippen molar-refractivity contribution in [1.82, 2.24) is 15.3 Å². The van der Waals surface area contributed by atoms with Gasteiger partial charge in [-0.25, -0.2) is 4.98 Å². The third-order valence-electron chi connectivity index (χ3n) is 2.61. The summed E-state index contributed by atoms with van der Waals surface area (Å²) in [7, 11) is 0. The molecule has 1 aromatic carbocycles. The summed E-state index contributed by atoms with van der Waals surface area (Å²) < 4.78 is 0. The number of amides is 1. The monoisotopic (exact) mass is 241 g/mol. The summed E-state index contributed by atoms with van der Waals surface area (Å²) in [4.78, 5) is 18.4. The van der Waals surface area contributed by atoms with Crippen LogP contribution in [0, 0.1) is 6.92 Å². The molecule has 0 aliphatic heterocycles. The second kappa shape index (κ2) is 5.82. The van der Waals surface area contributed by atoms with Gasteiger partial charge in [-0.1, -0.05) is 24.3 Å². The van der Waals surface area contributed by atoms with Crippen LogP contribution in [0.2, 0.25) is 0 Å². The van der Waals surface area contributed by atoms with Gasteiger partial charge in [-0.2, -0.15) is 0 Å². The molecule has 1 heterocycles. The zero-order valence-electron chi connectivity index (χ0n) is 10.2. The molecule has 2 aromatic rings. The highest BCUT2D eigenvalue weighted by atomic mass is 16.1. The fourth-order valence-electron chi connectivity index (χ4n) is 1.56. The van der Waals surface area contributed by atoms with E-state index >= 15 is 0 Å². The van der Waals surface area contributed by atoms with E-state index in [1.54, 1.807) is 18.6 Å². The van der Waals surface area contributed by atoms with E-state index in [2.05, 4.69) is 15.3 Å². The maximum absolute atomic E-state index is 11.6. The summed E-state index contributed by atoms with van der Waals surface area (Å²) in [6, 6.07) is 7.93. The average molecular weight is 241 g/mol. The number of aromatic amines is 1. The molecule has 1 amide bonds. The van der Waals surface area contributed by atoms with Gasteiger partial charge in [0, 0.05) is 12.3 Å². The molecule has 0 aliphatic carbocycles. The number of hydrogen-bond donors (Lipinski definition) is 2. The predicted molar refractivity (Wildman–Crippen MR) is 70.6 cm³/mol. The van der Waals surface area contributed by atoms with E-state index in [9.17, 15) is 4.79 Å². The number of carbonyl (C=O) groups excluding carboxylic acids is 1. The normalized spacial score (nSPS) is 10.7. The topological polar surface area (TPSA) is 57.8 Å². The van der Waals surface area contributed by atoms with E-state index in [0.717, 1.165) is 16.8 Å². The predicted octanol–water partition coefficient (Wildman–Crippen LogP) is 2.05. The second-order valence-electron chi connectivity index (χ2n) is 3.98. The lowest BCUT2D eigenvalue weighted by Crippen LogP contribution is -2.20. The number of H-pyrrole nitrogens is 1. The van der Waals surface area contributed by atoms with Crippen LogP contribution in [0.5, 0.6) is 0 Å². The fourth-order valence-corrected chi connectivity index (χ4v) is 1.56. The fraction of sp³-hybridized carbons (Fsp3) is 0.143. The molecule has 4 nitrogen and oxygen atoms in total. The highest BCUT2D eigenvalue weighted by molar-refractivity contribution is 5.91. The van der Waals surface area contributed by atoms with Gasteiger partial charge in [0.15, 0.2) is 0 Å². The third-order valence-corrected chi connectivity index (χ3v) is 2.61. The summed E-state index contributed by atoms with van der Waals surface area (Å²) in [5.41, 5.74) is 3.08. The Morgan fingerprint density at radius 3 is 3.00 bits per heavy atom. The highest BCUT2D eigenvalue weighted by Gasteiger charge is 1.98. The van der Waals surface area contributed by atoms with Gasteiger partial charge in [0.2, 0.25) is 5.91 Å². The molecule has 0 unspecified atom stereocenters. The van der Waals surface area contributed by atoms with Gasteiger partial charge < -0.3 is 10.3 Å². The van der Waals surface area contributed by atoms with Crippen LogP contribution in [-0.2, 0) is 11.3 Å². The number of carbonyl (C=O) groups is 1. The quantitative estimate of drug-likeness (QED) is 0.805. The molecule has 0 saturated heterocycles. The standard InChI is InChI=1S/C14H15N3O/c1-11-4-2-3-5-12(11)6-7-14(18)16-9-13-8-15-10-17-13/h2-8,10H,9H2,1H3,(H,15,17)(H,16,18). The maximum atomic E-state index is 11.6. The van der Waals surface area contributed by atoms with Crippen molar-refractivity contribution in [2.75, 3.05) is 0 Å². The number of hydrogen-bond acceptors (Lipinski definition) is 2. The molecule has 1 aromatic heterocycles. The first-order valence-corrected chi connectivity index (χ1v) is 5.74. The lowest BCUT2D eigenvalue weighted by molar-refractivity contribution is -0.116. The number of nitrogens with zero attached hydrogens (tertiary/aromatic N) is 1. The number of aryl methyl sites for hydroxylation is 1. The van der Waals surface area contributed by atoms with Crippen LogP contribution < -0.4 is 5.32 Å². The molecule has 0 aliphatic rings. The minimum atomic E-state index is -0.118. The van der Waals surface area contributed by atoms with E-state index < -0.39 is 0 Å². The molecule has 0 spiro atoms. The third kappa shape index (κ3) is 3.31. The first-order chi connectivity index (χ1) is 8.75. The van der Waals surface area contributed by atoms with E-state index in [4.69, 9.17) is 0 Å². The van der Waals surface area contributed by atoms with E-state index in [-0.39, 0.29) is 5.91 Å². The van der Waals surface area contributed by atoms with Crippen molar-refractivity contribution in [1.29, 1.82) is 0 Å². The van der Waals surface area contributed by atoms with Crippen molar-refractivity contribution in [3.8, 4) is 0 Å². The highest BCUT2D eigenvalue weighted by Crippen LogP contribution is 2.08. The number of benzene rings is 1. The van der Waals surface area contributed by atoms with Crippen LogP contribution in [0.25, 0.3) is 6.08 Å². The molecular formula is C14H15N3O. The van der Waals surface area contributed by atoms with Gasteiger partial charge in [0.25, 0.3) is 0 Å². The second-order valence-corrected chi connectivity index (χ2v) is 3.98. The molecule has 2 rings (SSSR count). The summed E-state index contributed by atoms with van der Waals surface area (Å²) in [5, 5.41) is 2.78. The Balaban J connectivity index is 1.89. The van der Waals surface area contributed by atoms with Gasteiger partial charge in [0.05, 0.1) is 18.6 Å². The zero-order chi connectivity index (χ0) is 12.8. The minimum Gasteiger partial charge on any atom is -0.347 e. The van der Waals surface area contributed by atoms with Crippen LogP contribution in [-0.4, -0.2) is 15.9 Å². The summed E-state index contributed by atoms with van der Waals surface area (Å²) >= 11 is 0. The number of aromatic nitrogens is 2. The van der Waals surface area contributed by atoms with Crippen LogP contribution in [0.1, 0.15) is 16.8 Å².